The summed E-state index contributed by atoms with van der Waals surface area (Å²) in [6.07, 6.45) is 0. The van der Waals surface area contributed by atoms with Crippen molar-refractivity contribution in [1.82, 2.24) is 0 Å². The summed E-state index contributed by atoms with van der Waals surface area (Å²) >= 11 is 0. The number of carbonyl (C=O) groups is 2. The molecule has 0 unspecified atom stereocenters. The van der Waals surface area contributed by atoms with Crippen LogP contribution in [0.5, 0.6) is 11.5 Å². The molecule has 0 bridgehead atoms. The number of carbonyl (C=O) groups excluding carboxylic acids is 2. The highest BCUT2D eigenvalue weighted by Crippen LogP contribution is 2.31. The fraction of sp³-hybridized carbons (Fsp3) is 0.300. The second kappa shape index (κ2) is 7.91. The minimum Gasteiger partial charge on any atom is -0.493 e. The average molecular weight is 356 g/mol. The zero-order chi connectivity index (χ0) is 19.3. The van der Waals surface area contributed by atoms with Crippen LogP contribution in [0.3, 0.4) is 0 Å². The molecule has 0 radical (unpaired) electrons. The predicted octanol–water partition coefficient (Wildman–Crippen LogP) is 3.62. The molecule has 6 nitrogen and oxygen atoms in total. The van der Waals surface area contributed by atoms with Crippen LogP contribution < -0.4 is 20.1 Å². The molecule has 0 saturated carbocycles. The van der Waals surface area contributed by atoms with Gasteiger partial charge in [-0.25, -0.2) is 0 Å². The molecule has 138 valence electrons. The molecule has 0 fully saturated rings. The molecule has 26 heavy (non-hydrogen) atoms. The molecule has 0 aromatic heterocycles. The van der Waals surface area contributed by atoms with Gasteiger partial charge in [-0.05, 0) is 44.5 Å². The highest BCUT2D eigenvalue weighted by molar-refractivity contribution is 6.14. The van der Waals surface area contributed by atoms with E-state index in [-0.39, 0.29) is 5.91 Å². The zero-order valence-corrected chi connectivity index (χ0v) is 15.7. The van der Waals surface area contributed by atoms with Gasteiger partial charge in [-0.15, -0.1) is 0 Å². The Morgan fingerprint density at radius 2 is 1.50 bits per heavy atom. The second-order valence-electron chi connectivity index (χ2n) is 6.42. The quantitative estimate of drug-likeness (QED) is 0.775. The van der Waals surface area contributed by atoms with Crippen LogP contribution in [0.25, 0.3) is 0 Å². The summed E-state index contributed by atoms with van der Waals surface area (Å²) in [5.41, 5.74) is 0.862. The molecular weight excluding hydrogens is 332 g/mol. The van der Waals surface area contributed by atoms with Crippen LogP contribution in [0.1, 0.15) is 19.4 Å². The number of hydrogen-bond donors (Lipinski definition) is 2. The Labute approximate surface area is 153 Å². The van der Waals surface area contributed by atoms with Crippen molar-refractivity contribution < 1.29 is 19.1 Å². The first kappa shape index (κ1) is 19.3. The van der Waals surface area contributed by atoms with Crippen molar-refractivity contribution in [3.05, 3.63) is 48.0 Å². The normalized spacial score (nSPS) is 10.8. The number of methoxy groups -OCH3 is 2. The summed E-state index contributed by atoms with van der Waals surface area (Å²) in [6, 6.07) is 12.4. The summed E-state index contributed by atoms with van der Waals surface area (Å²) in [5, 5.41) is 5.57. The highest BCUT2D eigenvalue weighted by atomic mass is 16.5. The maximum atomic E-state index is 12.7. The van der Waals surface area contributed by atoms with Gasteiger partial charge in [0.15, 0.2) is 11.5 Å². The second-order valence-corrected chi connectivity index (χ2v) is 6.42. The van der Waals surface area contributed by atoms with E-state index in [4.69, 9.17) is 9.47 Å². The van der Waals surface area contributed by atoms with Gasteiger partial charge in [-0.3, -0.25) is 9.59 Å². The van der Waals surface area contributed by atoms with E-state index in [1.165, 1.54) is 14.2 Å². The molecule has 2 aromatic rings. The summed E-state index contributed by atoms with van der Waals surface area (Å²) in [5.74, 6) is 0.245. The lowest BCUT2D eigenvalue weighted by atomic mass is 9.90. The van der Waals surface area contributed by atoms with Crippen LogP contribution in [0, 0.1) is 12.3 Å². The van der Waals surface area contributed by atoms with E-state index in [2.05, 4.69) is 10.6 Å². The Morgan fingerprint density at radius 3 is 2.12 bits per heavy atom. The van der Waals surface area contributed by atoms with Gasteiger partial charge in [0, 0.05) is 17.4 Å². The molecule has 0 aliphatic rings. The number of amides is 2. The third kappa shape index (κ3) is 4.14. The molecule has 0 saturated heterocycles. The topological polar surface area (TPSA) is 76.7 Å². The highest BCUT2D eigenvalue weighted by Gasteiger charge is 2.36. The molecular formula is C20H24N2O4. The number of benzene rings is 2. The number of rotatable bonds is 6. The Kier molecular flexibility index (Phi) is 5.87. The van der Waals surface area contributed by atoms with Crippen LogP contribution in [0.15, 0.2) is 42.5 Å². The fourth-order valence-electron chi connectivity index (χ4n) is 2.30. The number of para-hydroxylation sites is 1. The van der Waals surface area contributed by atoms with E-state index in [0.29, 0.717) is 22.9 Å². The van der Waals surface area contributed by atoms with Gasteiger partial charge in [0.1, 0.15) is 5.41 Å². The minimum absolute atomic E-state index is 0.384. The van der Waals surface area contributed by atoms with E-state index in [0.717, 1.165) is 5.56 Å². The smallest absolute Gasteiger partial charge is 0.239 e. The van der Waals surface area contributed by atoms with Crippen molar-refractivity contribution in [3.63, 3.8) is 0 Å². The first-order valence-corrected chi connectivity index (χ1v) is 8.20. The molecule has 6 heteroatoms. The van der Waals surface area contributed by atoms with Gasteiger partial charge in [0.25, 0.3) is 0 Å². The van der Waals surface area contributed by atoms with Crippen molar-refractivity contribution in [2.75, 3.05) is 24.9 Å². The number of hydrogen-bond acceptors (Lipinski definition) is 4. The Morgan fingerprint density at radius 1 is 0.885 bits per heavy atom. The molecule has 0 aliphatic carbocycles. The van der Waals surface area contributed by atoms with Crippen molar-refractivity contribution >= 4 is 23.2 Å². The first-order valence-electron chi connectivity index (χ1n) is 8.20. The molecule has 2 aromatic carbocycles. The predicted molar refractivity (Wildman–Crippen MR) is 102 cm³/mol. The number of aryl methyl sites for hydroxylation is 1. The Hall–Kier alpha value is -3.02. The summed E-state index contributed by atoms with van der Waals surface area (Å²) in [7, 11) is 3.05. The van der Waals surface area contributed by atoms with Crippen molar-refractivity contribution in [1.29, 1.82) is 0 Å². The van der Waals surface area contributed by atoms with Crippen molar-refractivity contribution in [2.45, 2.75) is 20.8 Å². The maximum absolute atomic E-state index is 12.7. The number of anilines is 2. The first-order chi connectivity index (χ1) is 12.3. The van der Waals surface area contributed by atoms with Crippen LogP contribution in [0.4, 0.5) is 11.4 Å². The lowest BCUT2D eigenvalue weighted by Gasteiger charge is -2.23. The van der Waals surface area contributed by atoms with E-state index in [1.807, 2.05) is 25.1 Å². The molecule has 2 rings (SSSR count). The third-order valence-corrected chi connectivity index (χ3v) is 4.17. The van der Waals surface area contributed by atoms with E-state index < -0.39 is 11.3 Å². The molecule has 0 spiro atoms. The SMILES string of the molecule is COc1ccc(NC(=O)C(C)(C)C(=O)Nc2ccccc2C)cc1OC. The molecule has 0 aliphatic heterocycles. The van der Waals surface area contributed by atoms with E-state index >= 15 is 0 Å². The van der Waals surface area contributed by atoms with Crippen LogP contribution in [-0.2, 0) is 9.59 Å². The summed E-state index contributed by atoms with van der Waals surface area (Å²) in [6.45, 7) is 5.06. The standard InChI is InChI=1S/C20H24N2O4/c1-13-8-6-7-9-15(13)22-19(24)20(2,3)18(23)21-14-10-11-16(25-4)17(12-14)26-5/h6-12H,1-5H3,(H,21,23)(H,22,24). The minimum atomic E-state index is -1.27. The van der Waals surface area contributed by atoms with Crippen molar-refractivity contribution in [3.8, 4) is 11.5 Å². The number of ether oxygens (including phenoxy) is 2. The monoisotopic (exact) mass is 356 g/mol. The molecule has 2 amide bonds. The van der Waals surface area contributed by atoms with Crippen molar-refractivity contribution in [2.24, 2.45) is 5.41 Å². The van der Waals surface area contributed by atoms with Gasteiger partial charge in [-0.1, -0.05) is 18.2 Å². The lowest BCUT2D eigenvalue weighted by molar-refractivity contribution is -0.135. The maximum Gasteiger partial charge on any atom is 0.239 e. The fourth-order valence-corrected chi connectivity index (χ4v) is 2.30. The Bertz CT molecular complexity index is 815. The molecule has 0 atom stereocenters. The average Bonchev–Trinajstić information content (AvgIpc) is 2.63. The van der Waals surface area contributed by atoms with Gasteiger partial charge >= 0.3 is 0 Å². The van der Waals surface area contributed by atoms with E-state index in [9.17, 15) is 9.59 Å². The summed E-state index contributed by atoms with van der Waals surface area (Å²) < 4.78 is 10.4. The van der Waals surface area contributed by atoms with Gasteiger partial charge in [0.05, 0.1) is 14.2 Å². The van der Waals surface area contributed by atoms with Crippen LogP contribution in [0.2, 0.25) is 0 Å². The van der Waals surface area contributed by atoms with Crippen LogP contribution in [-0.4, -0.2) is 26.0 Å². The van der Waals surface area contributed by atoms with Gasteiger partial charge < -0.3 is 20.1 Å². The molecule has 2 N–H and O–H groups in total. The largest absolute Gasteiger partial charge is 0.493 e. The number of nitrogens with one attached hydrogen (secondary N) is 2. The van der Waals surface area contributed by atoms with Crippen LogP contribution >= 0.6 is 0 Å². The van der Waals surface area contributed by atoms with Gasteiger partial charge in [-0.2, -0.15) is 0 Å². The molecule has 0 heterocycles. The zero-order valence-electron chi connectivity index (χ0n) is 15.7. The lowest BCUT2D eigenvalue weighted by Crippen LogP contribution is -2.41. The Balaban J connectivity index is 2.14. The third-order valence-electron chi connectivity index (χ3n) is 4.17. The van der Waals surface area contributed by atoms with E-state index in [1.54, 1.807) is 38.1 Å². The summed E-state index contributed by atoms with van der Waals surface area (Å²) in [4.78, 5) is 25.3. The van der Waals surface area contributed by atoms with Gasteiger partial charge in [0.2, 0.25) is 11.8 Å².